The monoisotopic (exact) mass is 314 g/mol. The van der Waals surface area contributed by atoms with Crippen LogP contribution in [0.3, 0.4) is 0 Å². The number of rotatable bonds is 5. The fourth-order valence-electron chi connectivity index (χ4n) is 4.67. The van der Waals surface area contributed by atoms with Crippen LogP contribution in [0.4, 0.5) is 0 Å². The van der Waals surface area contributed by atoms with E-state index in [1.165, 1.54) is 63.7 Å². The molecule has 1 aliphatic carbocycles. The molecule has 2 nitrogen and oxygen atoms in total. The van der Waals surface area contributed by atoms with Gasteiger partial charge in [-0.1, -0.05) is 57.0 Å². The molecule has 0 radical (unpaired) electrons. The van der Waals surface area contributed by atoms with Gasteiger partial charge in [0, 0.05) is 18.6 Å². The molecule has 1 aromatic carbocycles. The molecule has 0 unspecified atom stereocenters. The van der Waals surface area contributed by atoms with E-state index < -0.39 is 0 Å². The van der Waals surface area contributed by atoms with Crippen molar-refractivity contribution in [1.82, 2.24) is 9.80 Å². The summed E-state index contributed by atoms with van der Waals surface area (Å²) in [5.41, 5.74) is 1.46. The summed E-state index contributed by atoms with van der Waals surface area (Å²) in [4.78, 5) is 5.50. The van der Waals surface area contributed by atoms with E-state index in [4.69, 9.17) is 0 Å². The van der Waals surface area contributed by atoms with Gasteiger partial charge < -0.3 is 4.90 Å². The van der Waals surface area contributed by atoms with E-state index in [0.717, 1.165) is 24.5 Å². The van der Waals surface area contributed by atoms with Crippen LogP contribution in [0.15, 0.2) is 30.3 Å². The molecular weight excluding hydrogens is 280 g/mol. The van der Waals surface area contributed by atoms with Crippen LogP contribution in [-0.4, -0.2) is 41.5 Å². The van der Waals surface area contributed by atoms with Crippen molar-refractivity contribution < 1.29 is 0 Å². The Balaban J connectivity index is 1.50. The van der Waals surface area contributed by atoms with E-state index in [1.807, 2.05) is 0 Å². The van der Waals surface area contributed by atoms with Crippen molar-refractivity contribution in [3.05, 3.63) is 35.9 Å². The van der Waals surface area contributed by atoms with Gasteiger partial charge in [-0.3, -0.25) is 4.90 Å². The maximum Gasteiger partial charge on any atom is 0.0236 e. The van der Waals surface area contributed by atoms with Crippen LogP contribution in [0.5, 0.6) is 0 Å². The highest BCUT2D eigenvalue weighted by molar-refractivity contribution is 5.14. The average molecular weight is 315 g/mol. The lowest BCUT2D eigenvalue weighted by Gasteiger charge is -2.43. The molecule has 0 N–H and O–H groups in total. The van der Waals surface area contributed by atoms with Crippen molar-refractivity contribution in [3.8, 4) is 0 Å². The summed E-state index contributed by atoms with van der Waals surface area (Å²) < 4.78 is 0. The van der Waals surface area contributed by atoms with Crippen LogP contribution in [0, 0.1) is 5.92 Å². The summed E-state index contributed by atoms with van der Waals surface area (Å²) in [7, 11) is 0. The van der Waals surface area contributed by atoms with Crippen molar-refractivity contribution in [2.24, 2.45) is 5.92 Å². The van der Waals surface area contributed by atoms with Gasteiger partial charge in [-0.2, -0.15) is 0 Å². The zero-order valence-corrected chi connectivity index (χ0v) is 15.1. The lowest BCUT2D eigenvalue weighted by atomic mass is 9.85. The smallest absolute Gasteiger partial charge is 0.0236 e. The first-order chi connectivity index (χ1) is 11.3. The molecule has 2 heteroatoms. The summed E-state index contributed by atoms with van der Waals surface area (Å²) >= 11 is 0. The highest BCUT2D eigenvalue weighted by Crippen LogP contribution is 2.30. The molecule has 0 aromatic heterocycles. The largest absolute Gasteiger partial charge is 0.300 e. The van der Waals surface area contributed by atoms with Gasteiger partial charge in [0.2, 0.25) is 0 Å². The molecule has 128 valence electrons. The van der Waals surface area contributed by atoms with Gasteiger partial charge in [0.1, 0.15) is 0 Å². The third kappa shape index (κ3) is 4.58. The van der Waals surface area contributed by atoms with Gasteiger partial charge in [0.15, 0.2) is 0 Å². The standard InChI is InChI=1S/C21H34N2/c1-3-22(17-19-9-5-4-6-10-19)20-12-14-23(15-13-20)21-11-7-8-18(2)16-21/h4-6,9-10,18,20-21H,3,7-8,11-17H2,1-2H3/t18-,21-/m0/s1. The van der Waals surface area contributed by atoms with E-state index in [9.17, 15) is 0 Å². The minimum absolute atomic E-state index is 0.775. The molecule has 3 rings (SSSR count). The van der Waals surface area contributed by atoms with Crippen LogP contribution < -0.4 is 0 Å². The minimum atomic E-state index is 0.775. The maximum absolute atomic E-state index is 2.81. The number of hydrogen-bond acceptors (Lipinski definition) is 2. The van der Waals surface area contributed by atoms with Crippen LogP contribution in [0.2, 0.25) is 0 Å². The molecule has 1 aromatic rings. The molecule has 2 fully saturated rings. The number of nitrogens with zero attached hydrogens (tertiary/aromatic N) is 2. The molecule has 1 aliphatic heterocycles. The summed E-state index contributed by atoms with van der Waals surface area (Å²) in [6.45, 7) is 9.67. The first kappa shape index (κ1) is 17.0. The summed E-state index contributed by atoms with van der Waals surface area (Å²) in [6.07, 6.45) is 8.48. The zero-order chi connectivity index (χ0) is 16.1. The predicted octanol–water partition coefficient (Wildman–Crippen LogP) is 4.55. The Morgan fingerprint density at radius 1 is 1.04 bits per heavy atom. The van der Waals surface area contributed by atoms with Gasteiger partial charge >= 0.3 is 0 Å². The normalized spacial score (nSPS) is 27.4. The Kier molecular flexibility index (Phi) is 6.13. The second-order valence-electron chi connectivity index (χ2n) is 7.74. The van der Waals surface area contributed by atoms with Crippen molar-refractivity contribution in [2.45, 2.75) is 71.0 Å². The predicted molar refractivity (Wildman–Crippen MR) is 98.5 cm³/mol. The number of piperidine rings is 1. The Morgan fingerprint density at radius 2 is 1.78 bits per heavy atom. The molecule has 1 saturated heterocycles. The molecule has 2 atom stereocenters. The topological polar surface area (TPSA) is 6.48 Å². The molecule has 1 saturated carbocycles. The Bertz CT molecular complexity index is 450. The fourth-order valence-corrected chi connectivity index (χ4v) is 4.67. The van der Waals surface area contributed by atoms with E-state index in [1.54, 1.807) is 0 Å². The second kappa shape index (κ2) is 8.30. The first-order valence-electron chi connectivity index (χ1n) is 9.78. The van der Waals surface area contributed by atoms with Gasteiger partial charge in [0.05, 0.1) is 0 Å². The molecule has 0 bridgehead atoms. The molecule has 0 spiro atoms. The molecule has 23 heavy (non-hydrogen) atoms. The SMILES string of the molecule is CCN(Cc1ccccc1)C1CCN([C@H]2CCC[C@H](C)C2)CC1. The van der Waals surface area contributed by atoms with Crippen molar-refractivity contribution in [3.63, 3.8) is 0 Å². The van der Waals surface area contributed by atoms with Crippen molar-refractivity contribution >= 4 is 0 Å². The third-order valence-corrected chi connectivity index (χ3v) is 6.08. The van der Waals surface area contributed by atoms with E-state index in [2.05, 4.69) is 54.0 Å². The van der Waals surface area contributed by atoms with Crippen LogP contribution in [0.25, 0.3) is 0 Å². The fraction of sp³-hybridized carbons (Fsp3) is 0.714. The summed E-state index contributed by atoms with van der Waals surface area (Å²) in [6, 6.07) is 12.6. The first-order valence-corrected chi connectivity index (χ1v) is 9.78. The molecule has 1 heterocycles. The highest BCUT2D eigenvalue weighted by Gasteiger charge is 2.29. The number of hydrogen-bond donors (Lipinski definition) is 0. The minimum Gasteiger partial charge on any atom is -0.300 e. The summed E-state index contributed by atoms with van der Waals surface area (Å²) in [5.74, 6) is 0.941. The van der Waals surface area contributed by atoms with Gasteiger partial charge in [-0.05, 0) is 56.8 Å². The van der Waals surface area contributed by atoms with Crippen molar-refractivity contribution in [2.75, 3.05) is 19.6 Å². The summed E-state index contributed by atoms with van der Waals surface area (Å²) in [5, 5.41) is 0. The molecular formula is C21H34N2. The van der Waals surface area contributed by atoms with Crippen LogP contribution in [0.1, 0.15) is 57.9 Å². The van der Waals surface area contributed by atoms with Crippen LogP contribution in [-0.2, 0) is 6.54 Å². The lowest BCUT2D eigenvalue weighted by molar-refractivity contribution is 0.0615. The van der Waals surface area contributed by atoms with Gasteiger partial charge in [0.25, 0.3) is 0 Å². The Hall–Kier alpha value is -0.860. The number of benzene rings is 1. The van der Waals surface area contributed by atoms with Crippen molar-refractivity contribution in [1.29, 1.82) is 0 Å². The average Bonchev–Trinajstić information content (AvgIpc) is 2.61. The van der Waals surface area contributed by atoms with Gasteiger partial charge in [-0.25, -0.2) is 0 Å². The van der Waals surface area contributed by atoms with E-state index in [0.29, 0.717) is 0 Å². The van der Waals surface area contributed by atoms with E-state index in [-0.39, 0.29) is 0 Å². The third-order valence-electron chi connectivity index (χ3n) is 6.08. The lowest BCUT2D eigenvalue weighted by Crippen LogP contribution is -2.48. The zero-order valence-electron chi connectivity index (χ0n) is 15.1. The second-order valence-corrected chi connectivity index (χ2v) is 7.74. The Morgan fingerprint density at radius 3 is 2.43 bits per heavy atom. The molecule has 0 amide bonds. The quantitative estimate of drug-likeness (QED) is 0.786. The number of likely N-dealkylation sites (tertiary alicyclic amines) is 1. The highest BCUT2D eigenvalue weighted by atomic mass is 15.2. The van der Waals surface area contributed by atoms with Crippen LogP contribution >= 0.6 is 0 Å². The maximum atomic E-state index is 2.81. The molecule has 2 aliphatic rings. The van der Waals surface area contributed by atoms with E-state index >= 15 is 0 Å². The van der Waals surface area contributed by atoms with Gasteiger partial charge in [-0.15, -0.1) is 0 Å². The Labute approximate surface area is 142 Å².